The Morgan fingerprint density at radius 3 is 2.69 bits per heavy atom. The minimum atomic E-state index is -2.65. The molecule has 1 aliphatic rings. The molecular weight excluding hydrogens is 475 g/mol. The van der Waals surface area contributed by atoms with Gasteiger partial charge in [0.1, 0.15) is 5.52 Å². The van der Waals surface area contributed by atoms with E-state index in [1.54, 1.807) is 22.8 Å². The number of hydrogen-bond donors (Lipinski definition) is 2. The van der Waals surface area contributed by atoms with Crippen LogP contribution in [0.15, 0.2) is 30.7 Å². The third kappa shape index (κ3) is 4.42. The predicted molar refractivity (Wildman–Crippen MR) is 127 cm³/mol. The number of aromatic nitrogens is 5. The number of alkyl halides is 2. The number of halogens is 3. The molecular formula is C24H26F3N7O2. The molecule has 0 radical (unpaired) electrons. The first-order valence-electron chi connectivity index (χ1n) is 11.7. The first-order valence-corrected chi connectivity index (χ1v) is 11.7. The smallest absolute Gasteiger partial charge is 0.255 e. The number of ether oxygens (including phenoxy) is 1. The molecule has 2 N–H and O–H groups in total. The number of fused-ring (bicyclic) bond motifs is 2. The Morgan fingerprint density at radius 1 is 1.25 bits per heavy atom. The van der Waals surface area contributed by atoms with Gasteiger partial charge in [-0.05, 0) is 44.4 Å². The molecule has 0 bridgehead atoms. The molecule has 0 saturated heterocycles. The maximum atomic E-state index is 15.3. The number of nitrogens with zero attached hydrogens (tertiary/aromatic N) is 5. The Labute approximate surface area is 204 Å². The van der Waals surface area contributed by atoms with Crippen LogP contribution in [0.1, 0.15) is 49.9 Å². The molecule has 190 valence electrons. The summed E-state index contributed by atoms with van der Waals surface area (Å²) in [7, 11) is 1.41. The van der Waals surface area contributed by atoms with Gasteiger partial charge in [0.05, 0.1) is 36.1 Å². The molecule has 4 aromatic heterocycles. The van der Waals surface area contributed by atoms with Crippen LogP contribution in [0, 0.1) is 5.82 Å². The molecule has 1 saturated carbocycles. The topological polar surface area (TPSA) is 97.8 Å². The first-order chi connectivity index (χ1) is 17.1. The Kier molecular flexibility index (Phi) is 5.97. The highest BCUT2D eigenvalue weighted by Gasteiger charge is 2.35. The van der Waals surface area contributed by atoms with Crippen LogP contribution in [0.5, 0.6) is 5.88 Å². The minimum Gasteiger partial charge on any atom is -0.479 e. The van der Waals surface area contributed by atoms with Gasteiger partial charge in [-0.3, -0.25) is 4.79 Å². The Balaban J connectivity index is 1.53. The van der Waals surface area contributed by atoms with Crippen molar-refractivity contribution in [3.05, 3.63) is 42.1 Å². The van der Waals surface area contributed by atoms with Gasteiger partial charge in [-0.1, -0.05) is 0 Å². The van der Waals surface area contributed by atoms with Gasteiger partial charge in [0.2, 0.25) is 17.8 Å². The van der Waals surface area contributed by atoms with E-state index in [9.17, 15) is 13.6 Å². The molecule has 0 spiro atoms. The summed E-state index contributed by atoms with van der Waals surface area (Å²) in [6, 6.07) is 3.08. The molecule has 0 unspecified atom stereocenters. The second kappa shape index (κ2) is 8.99. The predicted octanol–water partition coefficient (Wildman–Crippen LogP) is 4.32. The monoisotopic (exact) mass is 501 g/mol. The van der Waals surface area contributed by atoms with Gasteiger partial charge < -0.3 is 15.4 Å². The van der Waals surface area contributed by atoms with Gasteiger partial charge in [-0.25, -0.2) is 22.2 Å². The van der Waals surface area contributed by atoms with Crippen molar-refractivity contribution in [1.82, 2.24) is 29.5 Å². The van der Waals surface area contributed by atoms with Gasteiger partial charge in [0.15, 0.2) is 5.82 Å². The second-order valence-electron chi connectivity index (χ2n) is 9.30. The van der Waals surface area contributed by atoms with Gasteiger partial charge in [0, 0.05) is 31.1 Å². The molecule has 4 heterocycles. The van der Waals surface area contributed by atoms with E-state index in [0.29, 0.717) is 22.2 Å². The van der Waals surface area contributed by atoms with E-state index < -0.39 is 11.7 Å². The minimum absolute atomic E-state index is 0.0576. The van der Waals surface area contributed by atoms with Crippen molar-refractivity contribution in [1.29, 1.82) is 0 Å². The van der Waals surface area contributed by atoms with Crippen LogP contribution in [-0.4, -0.2) is 55.2 Å². The Bertz CT molecular complexity index is 1440. The fourth-order valence-corrected chi connectivity index (χ4v) is 4.52. The molecule has 5 rings (SSSR count). The van der Waals surface area contributed by atoms with Crippen LogP contribution in [-0.2, 0) is 0 Å². The number of hydrogen-bond acceptors (Lipinski definition) is 6. The molecule has 9 nitrogen and oxygen atoms in total. The van der Waals surface area contributed by atoms with Gasteiger partial charge in [-0.2, -0.15) is 10.1 Å². The molecule has 0 atom stereocenters. The highest BCUT2D eigenvalue weighted by molar-refractivity contribution is 6.01. The van der Waals surface area contributed by atoms with E-state index >= 15 is 4.39 Å². The van der Waals surface area contributed by atoms with Crippen molar-refractivity contribution in [2.75, 3.05) is 12.4 Å². The normalized spacial score (nSPS) is 16.1. The third-order valence-electron chi connectivity index (χ3n) is 6.27. The summed E-state index contributed by atoms with van der Waals surface area (Å²) < 4.78 is 50.6. The molecule has 4 aromatic rings. The van der Waals surface area contributed by atoms with Crippen molar-refractivity contribution in [2.45, 2.75) is 57.5 Å². The van der Waals surface area contributed by atoms with Crippen LogP contribution in [0.4, 0.5) is 19.1 Å². The third-order valence-corrected chi connectivity index (χ3v) is 6.27. The molecule has 36 heavy (non-hydrogen) atoms. The number of amides is 1. The second-order valence-corrected chi connectivity index (χ2v) is 9.30. The van der Waals surface area contributed by atoms with Crippen molar-refractivity contribution in [3.63, 3.8) is 0 Å². The SMILES string of the molecule is COc1nc(NC2CCC(F)(F)CC2)nn2cc(F)c(-c3ccn4ncc(C(=O)NC(C)C)c4c3)c12. The number of nitrogens with one attached hydrogen (secondary N) is 2. The first kappa shape index (κ1) is 23.9. The maximum absolute atomic E-state index is 15.3. The lowest BCUT2D eigenvalue weighted by Gasteiger charge is -2.28. The summed E-state index contributed by atoms with van der Waals surface area (Å²) in [5.74, 6) is -3.20. The molecule has 1 fully saturated rings. The average molecular weight is 502 g/mol. The van der Waals surface area contributed by atoms with Crippen molar-refractivity contribution < 1.29 is 22.7 Å². The van der Waals surface area contributed by atoms with Crippen molar-refractivity contribution in [3.8, 4) is 17.0 Å². The largest absolute Gasteiger partial charge is 0.479 e. The average Bonchev–Trinajstić information content (AvgIpc) is 3.39. The summed E-state index contributed by atoms with van der Waals surface area (Å²) in [6.07, 6.45) is 4.46. The van der Waals surface area contributed by atoms with E-state index in [2.05, 4.69) is 25.8 Å². The van der Waals surface area contributed by atoms with Crippen LogP contribution in [0.3, 0.4) is 0 Å². The number of pyridine rings is 1. The quantitative estimate of drug-likeness (QED) is 0.409. The molecule has 1 aliphatic carbocycles. The number of methoxy groups -OCH3 is 1. The summed E-state index contributed by atoms with van der Waals surface area (Å²) in [5.41, 5.74) is 1.86. The summed E-state index contributed by atoms with van der Waals surface area (Å²) >= 11 is 0. The lowest BCUT2D eigenvalue weighted by atomic mass is 9.92. The van der Waals surface area contributed by atoms with E-state index in [1.165, 1.54) is 24.0 Å². The van der Waals surface area contributed by atoms with E-state index in [1.807, 2.05) is 13.8 Å². The summed E-state index contributed by atoms with van der Waals surface area (Å²) in [6.45, 7) is 3.72. The zero-order valence-corrected chi connectivity index (χ0v) is 20.1. The summed E-state index contributed by atoms with van der Waals surface area (Å²) in [5, 5.41) is 14.5. The Hall–Kier alpha value is -3.83. The highest BCUT2D eigenvalue weighted by atomic mass is 19.3. The zero-order valence-electron chi connectivity index (χ0n) is 20.1. The fourth-order valence-electron chi connectivity index (χ4n) is 4.52. The summed E-state index contributed by atoms with van der Waals surface area (Å²) in [4.78, 5) is 17.0. The standard InChI is InChI=1S/C24H26F3N7O2/c1-13(2)29-21(35)16-11-28-33-9-6-14(10-18(16)33)19-17(25)12-34-20(19)22(36-3)31-23(32-34)30-15-4-7-24(26,27)8-5-15/h6,9-13,15H,4-5,7-8H2,1-3H3,(H,29,35)(H,30,32). The molecule has 1 amide bonds. The number of rotatable bonds is 6. The number of carbonyl (C=O) groups excluding carboxylic acids is 1. The van der Waals surface area contributed by atoms with Crippen molar-refractivity contribution in [2.24, 2.45) is 0 Å². The molecule has 12 heteroatoms. The maximum Gasteiger partial charge on any atom is 0.255 e. The van der Waals surface area contributed by atoms with Crippen molar-refractivity contribution >= 4 is 22.9 Å². The molecule has 0 aliphatic heterocycles. The van der Waals surface area contributed by atoms with Gasteiger partial charge in [-0.15, -0.1) is 5.10 Å². The van der Waals surface area contributed by atoms with Crippen LogP contribution in [0.2, 0.25) is 0 Å². The van der Waals surface area contributed by atoms with Crippen LogP contribution in [0.25, 0.3) is 22.2 Å². The lowest BCUT2D eigenvalue weighted by molar-refractivity contribution is -0.0361. The lowest BCUT2D eigenvalue weighted by Crippen LogP contribution is -2.32. The van der Waals surface area contributed by atoms with E-state index in [-0.39, 0.29) is 61.1 Å². The highest BCUT2D eigenvalue weighted by Crippen LogP contribution is 2.36. The number of anilines is 1. The Morgan fingerprint density at radius 2 is 2.00 bits per heavy atom. The van der Waals surface area contributed by atoms with E-state index in [4.69, 9.17) is 4.74 Å². The zero-order chi connectivity index (χ0) is 25.6. The fraction of sp³-hybridized carbons (Fsp3) is 0.417. The van der Waals surface area contributed by atoms with Gasteiger partial charge in [0.25, 0.3) is 5.91 Å². The van der Waals surface area contributed by atoms with Crippen LogP contribution < -0.4 is 15.4 Å². The van der Waals surface area contributed by atoms with E-state index in [0.717, 1.165) is 0 Å². The van der Waals surface area contributed by atoms with Gasteiger partial charge >= 0.3 is 0 Å². The molecule has 0 aromatic carbocycles. The van der Waals surface area contributed by atoms with Crippen LogP contribution >= 0.6 is 0 Å². The number of carbonyl (C=O) groups is 1.